The molecule has 1 aliphatic rings. The topological polar surface area (TPSA) is 21.7 Å². The van der Waals surface area contributed by atoms with Crippen LogP contribution in [-0.2, 0) is 4.84 Å². The molecule has 0 N–H and O–H groups in total. The van der Waals surface area contributed by atoms with Crippen molar-refractivity contribution in [1.29, 1.82) is 0 Å². The summed E-state index contributed by atoms with van der Waals surface area (Å²) >= 11 is 5.51. The second kappa shape index (κ2) is 3.85. The molecule has 0 fully saturated rings. The van der Waals surface area contributed by atoms with Crippen LogP contribution in [-0.4, -0.2) is 19.2 Å². The van der Waals surface area contributed by atoms with Gasteiger partial charge in [-0.05, 0) is 12.1 Å². The molecule has 3 nitrogen and oxygen atoms in total. The van der Waals surface area contributed by atoms with Gasteiger partial charge in [0.1, 0.15) is 11.4 Å². The normalized spacial score (nSPS) is 14.1. The van der Waals surface area contributed by atoms with Gasteiger partial charge in [-0.1, -0.05) is 12.1 Å². The van der Waals surface area contributed by atoms with Crippen LogP contribution in [0.4, 0.5) is 5.69 Å². The number of benzene rings is 1. The molecule has 0 saturated carbocycles. The predicted molar refractivity (Wildman–Crippen MR) is 51.1 cm³/mol. The molecule has 0 atom stereocenters. The highest BCUT2D eigenvalue weighted by molar-refractivity contribution is 6.17. The summed E-state index contributed by atoms with van der Waals surface area (Å²) in [5, 5.41) is 1.71. The van der Waals surface area contributed by atoms with Gasteiger partial charge in [0.2, 0.25) is 0 Å². The van der Waals surface area contributed by atoms with Crippen molar-refractivity contribution in [2.24, 2.45) is 0 Å². The van der Waals surface area contributed by atoms with E-state index < -0.39 is 0 Å². The van der Waals surface area contributed by atoms with Crippen molar-refractivity contribution >= 4 is 17.3 Å². The van der Waals surface area contributed by atoms with E-state index in [0.29, 0.717) is 19.2 Å². The lowest BCUT2D eigenvalue weighted by atomic mass is 10.3. The zero-order valence-electron chi connectivity index (χ0n) is 7.07. The molecule has 0 unspecified atom stereocenters. The molecule has 70 valence electrons. The fourth-order valence-electron chi connectivity index (χ4n) is 1.23. The van der Waals surface area contributed by atoms with Crippen molar-refractivity contribution in [1.82, 2.24) is 0 Å². The van der Waals surface area contributed by atoms with Crippen LogP contribution in [0.2, 0.25) is 0 Å². The first kappa shape index (κ1) is 8.66. The smallest absolute Gasteiger partial charge is 0.185 e. The lowest BCUT2D eigenvalue weighted by Crippen LogP contribution is -2.23. The Morgan fingerprint density at radius 2 is 2.31 bits per heavy atom. The molecule has 1 aliphatic heterocycles. The largest absolute Gasteiger partial charge is 0.469 e. The molecule has 4 heteroatoms. The summed E-state index contributed by atoms with van der Waals surface area (Å²) in [5.41, 5.74) is 0.965. The molecule has 1 aromatic carbocycles. The Morgan fingerprint density at radius 3 is 3.15 bits per heavy atom. The Bertz CT molecular complexity index is 293. The monoisotopic (exact) mass is 199 g/mol. The van der Waals surface area contributed by atoms with Crippen molar-refractivity contribution in [3.63, 3.8) is 0 Å². The molecule has 0 radical (unpaired) electrons. The van der Waals surface area contributed by atoms with E-state index in [2.05, 4.69) is 0 Å². The average molecular weight is 200 g/mol. The molecule has 0 aliphatic carbocycles. The zero-order valence-corrected chi connectivity index (χ0v) is 7.83. The van der Waals surface area contributed by atoms with Crippen molar-refractivity contribution in [3.05, 3.63) is 24.3 Å². The third-order valence-corrected chi connectivity index (χ3v) is 1.95. The number of alkyl halides is 1. The fourth-order valence-corrected chi connectivity index (χ4v) is 1.30. The van der Waals surface area contributed by atoms with E-state index >= 15 is 0 Å². The predicted octanol–water partition coefficient (Wildman–Crippen LogP) is 2.01. The maximum atomic E-state index is 5.51. The van der Waals surface area contributed by atoms with Gasteiger partial charge in [0.05, 0.1) is 6.61 Å². The van der Waals surface area contributed by atoms with E-state index in [1.807, 2.05) is 24.3 Å². The van der Waals surface area contributed by atoms with Crippen LogP contribution >= 0.6 is 11.6 Å². The second-order valence-corrected chi connectivity index (χ2v) is 3.02. The van der Waals surface area contributed by atoms with Gasteiger partial charge in [0.25, 0.3) is 0 Å². The van der Waals surface area contributed by atoms with Crippen LogP contribution in [0.1, 0.15) is 0 Å². The Labute approximate surface area is 81.8 Å². The van der Waals surface area contributed by atoms with Crippen LogP contribution in [0, 0.1) is 0 Å². The standard InChI is InChI=1S/C9H10ClNO2/c10-5-6-13-11-7-12-9-4-2-1-3-8(9)11/h1-4H,5-7H2. The maximum absolute atomic E-state index is 5.51. The third kappa shape index (κ3) is 1.71. The number of anilines is 1. The highest BCUT2D eigenvalue weighted by Crippen LogP contribution is 2.33. The molecule has 0 aromatic heterocycles. The van der Waals surface area contributed by atoms with E-state index in [9.17, 15) is 0 Å². The quantitative estimate of drug-likeness (QED) is 0.696. The number of hydroxylamine groups is 1. The molecule has 1 heterocycles. The van der Waals surface area contributed by atoms with Gasteiger partial charge >= 0.3 is 0 Å². The lowest BCUT2D eigenvalue weighted by Gasteiger charge is -2.14. The summed E-state index contributed by atoms with van der Waals surface area (Å²) in [6.07, 6.45) is 0. The Hall–Kier alpha value is -0.930. The number of fused-ring (bicyclic) bond motifs is 1. The summed E-state index contributed by atoms with van der Waals surface area (Å²) in [6, 6.07) is 7.75. The van der Waals surface area contributed by atoms with Crippen LogP contribution < -0.4 is 9.80 Å². The number of ether oxygens (including phenoxy) is 1. The van der Waals surface area contributed by atoms with Gasteiger partial charge in [-0.25, -0.2) is 5.06 Å². The summed E-state index contributed by atoms with van der Waals surface area (Å²) in [5.74, 6) is 1.34. The molecular weight excluding hydrogens is 190 g/mol. The zero-order chi connectivity index (χ0) is 9.10. The lowest BCUT2D eigenvalue weighted by molar-refractivity contribution is 0.0962. The van der Waals surface area contributed by atoms with Gasteiger partial charge in [0, 0.05) is 5.88 Å². The molecule has 0 amide bonds. The molecule has 0 saturated heterocycles. The first-order chi connectivity index (χ1) is 6.42. The van der Waals surface area contributed by atoms with Gasteiger partial charge in [0.15, 0.2) is 6.73 Å². The first-order valence-corrected chi connectivity index (χ1v) is 4.63. The van der Waals surface area contributed by atoms with Gasteiger partial charge in [-0.3, -0.25) is 4.84 Å². The van der Waals surface area contributed by atoms with Gasteiger partial charge in [-0.2, -0.15) is 0 Å². The number of nitrogens with zero attached hydrogens (tertiary/aromatic N) is 1. The molecule has 2 rings (SSSR count). The number of halogens is 1. The number of hydrogen-bond acceptors (Lipinski definition) is 3. The van der Waals surface area contributed by atoms with Crippen LogP contribution in [0.3, 0.4) is 0 Å². The van der Waals surface area contributed by atoms with Gasteiger partial charge in [-0.15, -0.1) is 11.6 Å². The number of para-hydroxylation sites is 2. The molecule has 1 aromatic rings. The number of hydrogen-bond donors (Lipinski definition) is 0. The minimum Gasteiger partial charge on any atom is -0.469 e. The van der Waals surface area contributed by atoms with E-state index in [4.69, 9.17) is 21.2 Å². The van der Waals surface area contributed by atoms with E-state index in [1.54, 1.807) is 5.06 Å². The van der Waals surface area contributed by atoms with Crippen LogP contribution in [0.5, 0.6) is 5.75 Å². The van der Waals surface area contributed by atoms with E-state index in [-0.39, 0.29) is 0 Å². The summed E-state index contributed by atoms with van der Waals surface area (Å²) < 4.78 is 5.37. The molecular formula is C9H10ClNO2. The SMILES string of the molecule is ClCCON1COc2ccccc21. The van der Waals surface area contributed by atoms with Crippen LogP contribution in [0.25, 0.3) is 0 Å². The highest BCUT2D eigenvalue weighted by Gasteiger charge is 2.19. The number of rotatable bonds is 3. The second-order valence-electron chi connectivity index (χ2n) is 2.64. The van der Waals surface area contributed by atoms with Crippen molar-refractivity contribution in [3.8, 4) is 5.75 Å². The molecule has 0 spiro atoms. The minimum absolute atomic E-state index is 0.441. The Balaban J connectivity index is 2.09. The summed E-state index contributed by atoms with van der Waals surface area (Å²) in [6.45, 7) is 0.940. The third-order valence-electron chi connectivity index (χ3n) is 1.80. The fraction of sp³-hybridized carbons (Fsp3) is 0.333. The molecule has 13 heavy (non-hydrogen) atoms. The first-order valence-electron chi connectivity index (χ1n) is 4.10. The van der Waals surface area contributed by atoms with Crippen LogP contribution in [0.15, 0.2) is 24.3 Å². The van der Waals surface area contributed by atoms with E-state index in [1.165, 1.54) is 0 Å². The minimum atomic E-state index is 0.441. The maximum Gasteiger partial charge on any atom is 0.185 e. The van der Waals surface area contributed by atoms with Crippen molar-refractivity contribution < 1.29 is 9.57 Å². The summed E-state index contributed by atoms with van der Waals surface area (Å²) in [4.78, 5) is 5.35. The van der Waals surface area contributed by atoms with Crippen molar-refractivity contribution in [2.75, 3.05) is 24.3 Å². The average Bonchev–Trinajstić information content (AvgIpc) is 2.58. The highest BCUT2D eigenvalue weighted by atomic mass is 35.5. The molecule has 0 bridgehead atoms. The summed E-state index contributed by atoms with van der Waals surface area (Å²) in [7, 11) is 0. The Morgan fingerprint density at radius 1 is 1.46 bits per heavy atom. The van der Waals surface area contributed by atoms with Gasteiger partial charge < -0.3 is 4.74 Å². The Kier molecular flexibility index (Phi) is 2.57. The van der Waals surface area contributed by atoms with Crippen molar-refractivity contribution in [2.45, 2.75) is 0 Å². The van der Waals surface area contributed by atoms with E-state index in [0.717, 1.165) is 11.4 Å².